The van der Waals surface area contributed by atoms with Gasteiger partial charge in [-0.15, -0.1) is 0 Å². The van der Waals surface area contributed by atoms with Crippen molar-refractivity contribution in [1.82, 2.24) is 9.55 Å². The summed E-state index contributed by atoms with van der Waals surface area (Å²) in [4.78, 5) is 25.2. The van der Waals surface area contributed by atoms with E-state index in [9.17, 15) is 14.7 Å². The summed E-state index contributed by atoms with van der Waals surface area (Å²) in [7, 11) is 0. The van der Waals surface area contributed by atoms with Crippen LogP contribution in [0.2, 0.25) is 0 Å². The third kappa shape index (κ3) is 3.08. The quantitative estimate of drug-likeness (QED) is 0.875. The van der Waals surface area contributed by atoms with Gasteiger partial charge in [0.1, 0.15) is 0 Å². The Morgan fingerprint density at radius 2 is 1.89 bits per heavy atom. The topological polar surface area (TPSA) is 75.1 Å². The SMILES string of the molecule is Cc1c(O)n(CCC2CCC(C)CC2)c(=O)[nH]c1=O. The van der Waals surface area contributed by atoms with Gasteiger partial charge in [-0.3, -0.25) is 14.3 Å². The largest absolute Gasteiger partial charge is 0.494 e. The van der Waals surface area contributed by atoms with E-state index < -0.39 is 11.2 Å². The minimum Gasteiger partial charge on any atom is -0.494 e. The highest BCUT2D eigenvalue weighted by Crippen LogP contribution is 2.30. The van der Waals surface area contributed by atoms with Gasteiger partial charge in [-0.05, 0) is 25.2 Å². The second-order valence-corrected chi connectivity index (χ2v) is 5.77. The van der Waals surface area contributed by atoms with Crippen LogP contribution in [0.5, 0.6) is 5.88 Å². The van der Waals surface area contributed by atoms with Crippen LogP contribution in [0.1, 0.15) is 44.6 Å². The van der Waals surface area contributed by atoms with Gasteiger partial charge in [0.05, 0.1) is 5.56 Å². The first-order chi connectivity index (χ1) is 8.99. The maximum Gasteiger partial charge on any atom is 0.331 e. The number of H-pyrrole nitrogens is 1. The zero-order valence-electron chi connectivity index (χ0n) is 11.6. The van der Waals surface area contributed by atoms with Crippen molar-refractivity contribution in [1.29, 1.82) is 0 Å². The van der Waals surface area contributed by atoms with Crippen molar-refractivity contribution < 1.29 is 5.11 Å². The van der Waals surface area contributed by atoms with Crippen LogP contribution >= 0.6 is 0 Å². The van der Waals surface area contributed by atoms with E-state index in [1.54, 1.807) is 0 Å². The standard InChI is InChI=1S/C14H22N2O3/c1-9-3-5-11(6-4-9)7-8-16-13(18)10(2)12(17)15-14(16)19/h9,11,18H,3-8H2,1-2H3,(H,15,17,19). The van der Waals surface area contributed by atoms with Crippen LogP contribution in [-0.4, -0.2) is 14.7 Å². The second kappa shape index (κ2) is 5.63. The minimum absolute atomic E-state index is 0.196. The fourth-order valence-corrected chi connectivity index (χ4v) is 2.80. The van der Waals surface area contributed by atoms with Crippen molar-refractivity contribution in [2.75, 3.05) is 0 Å². The first-order valence-electron chi connectivity index (χ1n) is 7.01. The van der Waals surface area contributed by atoms with Gasteiger partial charge >= 0.3 is 5.69 Å². The average Bonchev–Trinajstić information content (AvgIpc) is 2.38. The molecule has 1 fully saturated rings. The molecule has 1 aromatic heterocycles. The summed E-state index contributed by atoms with van der Waals surface area (Å²) < 4.78 is 1.27. The molecule has 1 saturated carbocycles. The number of nitrogens with zero attached hydrogens (tertiary/aromatic N) is 1. The molecule has 5 nitrogen and oxygen atoms in total. The molecule has 0 aromatic carbocycles. The number of hydrogen-bond acceptors (Lipinski definition) is 3. The summed E-state index contributed by atoms with van der Waals surface area (Å²) in [6, 6.07) is 0. The van der Waals surface area contributed by atoms with Gasteiger partial charge in [-0.2, -0.15) is 0 Å². The van der Waals surface area contributed by atoms with Gasteiger partial charge in [0.25, 0.3) is 5.56 Å². The Hall–Kier alpha value is -1.52. The predicted molar refractivity (Wildman–Crippen MR) is 73.5 cm³/mol. The molecule has 0 spiro atoms. The Bertz CT molecular complexity index is 551. The number of rotatable bonds is 3. The smallest absolute Gasteiger partial charge is 0.331 e. The molecule has 2 rings (SSSR count). The molecule has 0 bridgehead atoms. The Morgan fingerprint density at radius 1 is 1.26 bits per heavy atom. The van der Waals surface area contributed by atoms with Gasteiger partial charge in [-0.1, -0.05) is 32.6 Å². The molecule has 1 heterocycles. The highest BCUT2D eigenvalue weighted by atomic mass is 16.3. The molecule has 0 atom stereocenters. The van der Waals surface area contributed by atoms with Gasteiger partial charge in [0.2, 0.25) is 5.88 Å². The predicted octanol–water partition coefficient (Wildman–Crippen LogP) is 1.77. The van der Waals surface area contributed by atoms with Crippen molar-refractivity contribution in [3.63, 3.8) is 0 Å². The van der Waals surface area contributed by atoms with Crippen LogP contribution in [0.3, 0.4) is 0 Å². The van der Waals surface area contributed by atoms with Crippen molar-refractivity contribution in [3.05, 3.63) is 26.4 Å². The molecular formula is C14H22N2O3. The Kier molecular flexibility index (Phi) is 4.12. The molecule has 5 heteroatoms. The number of nitrogens with one attached hydrogen (secondary N) is 1. The van der Waals surface area contributed by atoms with Crippen molar-refractivity contribution >= 4 is 0 Å². The monoisotopic (exact) mass is 266 g/mol. The minimum atomic E-state index is -0.516. The highest BCUT2D eigenvalue weighted by Gasteiger charge is 2.19. The zero-order chi connectivity index (χ0) is 14.0. The first-order valence-corrected chi connectivity index (χ1v) is 7.01. The van der Waals surface area contributed by atoms with E-state index in [-0.39, 0.29) is 11.4 Å². The molecule has 0 aliphatic heterocycles. The summed E-state index contributed by atoms with van der Waals surface area (Å²) in [5, 5.41) is 9.87. The second-order valence-electron chi connectivity index (χ2n) is 5.77. The van der Waals surface area contributed by atoms with Gasteiger partial charge < -0.3 is 5.11 Å². The van der Waals surface area contributed by atoms with Crippen LogP contribution in [0.15, 0.2) is 9.59 Å². The van der Waals surface area contributed by atoms with E-state index in [2.05, 4.69) is 11.9 Å². The van der Waals surface area contributed by atoms with E-state index in [1.165, 1.54) is 37.2 Å². The fourth-order valence-electron chi connectivity index (χ4n) is 2.80. The summed E-state index contributed by atoms with van der Waals surface area (Å²) in [6.45, 7) is 4.27. The number of hydrogen-bond donors (Lipinski definition) is 2. The Balaban J connectivity index is 2.06. The van der Waals surface area contributed by atoms with Crippen LogP contribution < -0.4 is 11.2 Å². The molecule has 1 aliphatic carbocycles. The summed E-state index contributed by atoms with van der Waals surface area (Å²) >= 11 is 0. The zero-order valence-corrected chi connectivity index (χ0v) is 11.6. The van der Waals surface area contributed by atoms with Crippen LogP contribution in [-0.2, 0) is 6.54 Å². The van der Waals surface area contributed by atoms with Crippen molar-refractivity contribution in [3.8, 4) is 5.88 Å². The molecule has 1 aromatic rings. The van der Waals surface area contributed by atoms with Crippen LogP contribution in [0.4, 0.5) is 0 Å². The van der Waals surface area contributed by atoms with E-state index in [0.29, 0.717) is 12.5 Å². The lowest BCUT2D eigenvalue weighted by molar-refractivity contribution is 0.262. The molecule has 19 heavy (non-hydrogen) atoms. The lowest BCUT2D eigenvalue weighted by Gasteiger charge is -2.26. The summed E-state index contributed by atoms with van der Waals surface area (Å²) in [5.74, 6) is 1.23. The summed E-state index contributed by atoms with van der Waals surface area (Å²) in [6.07, 6.45) is 5.76. The molecule has 106 valence electrons. The van der Waals surface area contributed by atoms with E-state index in [0.717, 1.165) is 12.3 Å². The van der Waals surface area contributed by atoms with Crippen molar-refractivity contribution in [2.24, 2.45) is 11.8 Å². The molecular weight excluding hydrogens is 244 g/mol. The number of aromatic nitrogens is 2. The third-order valence-corrected chi connectivity index (χ3v) is 4.29. The van der Waals surface area contributed by atoms with Crippen LogP contribution in [0, 0.1) is 18.8 Å². The lowest BCUT2D eigenvalue weighted by atomic mass is 9.81. The molecule has 0 radical (unpaired) electrons. The highest BCUT2D eigenvalue weighted by molar-refractivity contribution is 5.20. The Labute approximate surface area is 112 Å². The lowest BCUT2D eigenvalue weighted by Crippen LogP contribution is -2.32. The maximum atomic E-state index is 11.7. The van der Waals surface area contributed by atoms with Gasteiger partial charge in [0, 0.05) is 6.54 Å². The van der Waals surface area contributed by atoms with E-state index in [4.69, 9.17) is 0 Å². The average molecular weight is 266 g/mol. The molecule has 2 N–H and O–H groups in total. The van der Waals surface area contributed by atoms with Gasteiger partial charge in [0.15, 0.2) is 0 Å². The van der Waals surface area contributed by atoms with Crippen molar-refractivity contribution in [2.45, 2.75) is 52.5 Å². The van der Waals surface area contributed by atoms with E-state index >= 15 is 0 Å². The molecule has 0 amide bonds. The number of aromatic hydroxyl groups is 1. The number of aromatic amines is 1. The van der Waals surface area contributed by atoms with Crippen LogP contribution in [0.25, 0.3) is 0 Å². The molecule has 1 aliphatic rings. The molecule has 0 unspecified atom stereocenters. The van der Waals surface area contributed by atoms with Gasteiger partial charge in [-0.25, -0.2) is 4.79 Å². The Morgan fingerprint density at radius 3 is 2.53 bits per heavy atom. The third-order valence-electron chi connectivity index (χ3n) is 4.29. The van der Waals surface area contributed by atoms with E-state index in [1.807, 2.05) is 0 Å². The summed E-state index contributed by atoms with van der Waals surface area (Å²) in [5.41, 5.74) is -0.820. The molecule has 0 saturated heterocycles. The normalized spacial score (nSPS) is 23.5. The maximum absolute atomic E-state index is 11.7. The fraction of sp³-hybridized carbons (Fsp3) is 0.714. The first kappa shape index (κ1) is 13.9.